The topological polar surface area (TPSA) is 80.0 Å². The zero-order chi connectivity index (χ0) is 18.2. The van der Waals surface area contributed by atoms with Crippen LogP contribution in [0.3, 0.4) is 0 Å². The minimum absolute atomic E-state index is 0.0649. The van der Waals surface area contributed by atoms with Crippen molar-refractivity contribution < 1.29 is 13.2 Å². The highest BCUT2D eigenvalue weighted by Crippen LogP contribution is 2.42. The van der Waals surface area contributed by atoms with Gasteiger partial charge in [0, 0.05) is 5.75 Å². The highest BCUT2D eigenvalue weighted by molar-refractivity contribution is 7.79. The summed E-state index contributed by atoms with van der Waals surface area (Å²) in [4.78, 5) is 10.1. The fourth-order valence-electron chi connectivity index (χ4n) is 3.55. The number of guanidine groups is 2. The Kier molecular flexibility index (Phi) is 4.61. The largest absolute Gasteiger partial charge is 0.416 e. The van der Waals surface area contributed by atoms with Crippen molar-refractivity contribution in [2.24, 2.45) is 21.5 Å². The van der Waals surface area contributed by atoms with E-state index >= 15 is 0 Å². The SMILES string of the molecule is NC1=NC2(CCCCC2)N(c2cc(C(F)(F)F)ccc2CS)C(N)=N1. The fraction of sp³-hybridized carbons (Fsp3) is 0.500. The molecule has 0 bridgehead atoms. The quantitative estimate of drug-likeness (QED) is 0.698. The molecule has 1 fully saturated rings. The van der Waals surface area contributed by atoms with E-state index in [4.69, 9.17) is 11.5 Å². The number of nitrogens with two attached hydrogens (primary N) is 2. The third kappa shape index (κ3) is 3.29. The number of benzene rings is 1. The first-order chi connectivity index (χ1) is 11.8. The average molecular weight is 371 g/mol. The van der Waals surface area contributed by atoms with Gasteiger partial charge in [0.15, 0.2) is 0 Å². The molecule has 1 saturated carbocycles. The van der Waals surface area contributed by atoms with E-state index in [0.717, 1.165) is 31.4 Å². The molecule has 0 saturated heterocycles. The number of hydrogen-bond acceptors (Lipinski definition) is 6. The van der Waals surface area contributed by atoms with Gasteiger partial charge in [0.1, 0.15) is 5.66 Å². The second-order valence-electron chi connectivity index (χ2n) is 6.32. The Labute approximate surface area is 149 Å². The van der Waals surface area contributed by atoms with Gasteiger partial charge in [-0.05, 0) is 43.4 Å². The van der Waals surface area contributed by atoms with Crippen LogP contribution in [0.2, 0.25) is 0 Å². The van der Waals surface area contributed by atoms with Crippen molar-refractivity contribution in [3.8, 4) is 0 Å². The Bertz CT molecular complexity index is 723. The van der Waals surface area contributed by atoms with Gasteiger partial charge in [-0.1, -0.05) is 12.5 Å². The molecule has 0 aromatic heterocycles. The van der Waals surface area contributed by atoms with E-state index in [2.05, 4.69) is 22.6 Å². The zero-order valence-corrected chi connectivity index (χ0v) is 14.4. The summed E-state index contributed by atoms with van der Waals surface area (Å²) in [5.41, 5.74) is 11.3. The maximum atomic E-state index is 13.2. The van der Waals surface area contributed by atoms with E-state index < -0.39 is 17.4 Å². The molecule has 9 heteroatoms. The molecule has 2 aliphatic rings. The second kappa shape index (κ2) is 6.44. The van der Waals surface area contributed by atoms with Gasteiger partial charge in [0.05, 0.1) is 11.3 Å². The molecular weight excluding hydrogens is 351 g/mol. The van der Waals surface area contributed by atoms with E-state index in [0.29, 0.717) is 24.1 Å². The number of rotatable bonds is 2. The number of aliphatic imine (C=N–C) groups is 2. The Morgan fingerprint density at radius 3 is 2.44 bits per heavy atom. The lowest BCUT2D eigenvalue weighted by Gasteiger charge is -2.46. The molecule has 1 aromatic rings. The number of alkyl halides is 3. The van der Waals surface area contributed by atoms with Crippen LogP contribution in [0.15, 0.2) is 28.2 Å². The van der Waals surface area contributed by atoms with Crippen molar-refractivity contribution in [1.82, 2.24) is 0 Å². The summed E-state index contributed by atoms with van der Waals surface area (Å²) in [6.45, 7) is 0. The molecule has 1 heterocycles. The van der Waals surface area contributed by atoms with Crippen LogP contribution >= 0.6 is 12.6 Å². The second-order valence-corrected chi connectivity index (χ2v) is 6.63. The highest BCUT2D eigenvalue weighted by atomic mass is 32.1. The third-order valence-corrected chi connectivity index (χ3v) is 5.02. The van der Waals surface area contributed by atoms with Gasteiger partial charge >= 0.3 is 6.18 Å². The Balaban J connectivity index is 2.16. The summed E-state index contributed by atoms with van der Waals surface area (Å²) < 4.78 is 39.7. The molecule has 25 heavy (non-hydrogen) atoms. The Hall–Kier alpha value is -1.90. The lowest BCUT2D eigenvalue weighted by molar-refractivity contribution is -0.137. The van der Waals surface area contributed by atoms with E-state index in [-0.39, 0.29) is 17.7 Å². The fourth-order valence-corrected chi connectivity index (χ4v) is 3.82. The lowest BCUT2D eigenvalue weighted by Crippen LogP contribution is -2.58. The predicted octanol–water partition coefficient (Wildman–Crippen LogP) is 3.25. The molecule has 0 amide bonds. The van der Waals surface area contributed by atoms with E-state index in [9.17, 15) is 13.2 Å². The molecular formula is C16H20F3N5S. The van der Waals surface area contributed by atoms with Crippen molar-refractivity contribution in [1.29, 1.82) is 0 Å². The first kappa shape index (κ1) is 17.9. The Morgan fingerprint density at radius 2 is 1.84 bits per heavy atom. The molecule has 0 unspecified atom stereocenters. The molecule has 136 valence electrons. The van der Waals surface area contributed by atoms with Crippen LogP contribution in [-0.2, 0) is 11.9 Å². The smallest absolute Gasteiger partial charge is 0.369 e. The molecule has 0 radical (unpaired) electrons. The highest BCUT2D eigenvalue weighted by Gasteiger charge is 2.44. The predicted molar refractivity (Wildman–Crippen MR) is 95.7 cm³/mol. The van der Waals surface area contributed by atoms with Crippen molar-refractivity contribution in [3.05, 3.63) is 29.3 Å². The molecule has 0 atom stereocenters. The standard InChI is InChI=1S/C16H20F3N5S/c17-16(18,19)11-5-4-10(9-25)12(8-11)24-14(21)22-13(20)23-15(24)6-2-1-3-7-15/h4-5,8,25H,1-3,6-7,9H2,(H4,20,21,22,23). The van der Waals surface area contributed by atoms with Gasteiger partial charge in [-0.3, -0.25) is 4.90 Å². The summed E-state index contributed by atoms with van der Waals surface area (Å²) in [6.07, 6.45) is -0.290. The number of thiol groups is 1. The molecule has 1 aliphatic heterocycles. The van der Waals surface area contributed by atoms with Crippen LogP contribution in [0.25, 0.3) is 0 Å². The number of nitrogens with zero attached hydrogens (tertiary/aromatic N) is 3. The molecule has 3 rings (SSSR count). The first-order valence-corrected chi connectivity index (χ1v) is 8.71. The molecule has 1 aromatic carbocycles. The maximum absolute atomic E-state index is 13.2. The molecule has 1 spiro atoms. The van der Waals surface area contributed by atoms with Crippen LogP contribution in [0.5, 0.6) is 0 Å². The number of anilines is 1. The third-order valence-electron chi connectivity index (χ3n) is 4.68. The Morgan fingerprint density at radius 1 is 1.16 bits per heavy atom. The lowest BCUT2D eigenvalue weighted by atomic mass is 9.87. The van der Waals surface area contributed by atoms with Crippen LogP contribution in [0, 0.1) is 0 Å². The molecule has 4 N–H and O–H groups in total. The van der Waals surface area contributed by atoms with Gasteiger partial charge in [0.2, 0.25) is 11.9 Å². The van der Waals surface area contributed by atoms with Gasteiger partial charge < -0.3 is 11.5 Å². The minimum Gasteiger partial charge on any atom is -0.369 e. The van der Waals surface area contributed by atoms with E-state index in [1.54, 1.807) is 4.90 Å². The van der Waals surface area contributed by atoms with E-state index in [1.807, 2.05) is 0 Å². The van der Waals surface area contributed by atoms with Crippen molar-refractivity contribution >= 4 is 30.2 Å². The van der Waals surface area contributed by atoms with Crippen molar-refractivity contribution in [2.45, 2.75) is 49.7 Å². The summed E-state index contributed by atoms with van der Waals surface area (Å²) in [6, 6.07) is 3.58. The summed E-state index contributed by atoms with van der Waals surface area (Å²) >= 11 is 4.26. The number of hydrogen-bond donors (Lipinski definition) is 3. The molecule has 5 nitrogen and oxygen atoms in total. The van der Waals surface area contributed by atoms with Gasteiger partial charge in [-0.15, -0.1) is 0 Å². The van der Waals surface area contributed by atoms with Crippen LogP contribution < -0.4 is 16.4 Å². The first-order valence-electron chi connectivity index (χ1n) is 8.07. The van der Waals surface area contributed by atoms with Crippen molar-refractivity contribution in [2.75, 3.05) is 4.90 Å². The average Bonchev–Trinajstić information content (AvgIpc) is 2.53. The van der Waals surface area contributed by atoms with Crippen molar-refractivity contribution in [3.63, 3.8) is 0 Å². The van der Waals surface area contributed by atoms with Gasteiger partial charge in [-0.2, -0.15) is 30.8 Å². The summed E-state index contributed by atoms with van der Waals surface area (Å²) in [7, 11) is 0. The number of halogens is 3. The van der Waals surface area contributed by atoms with E-state index in [1.165, 1.54) is 6.07 Å². The van der Waals surface area contributed by atoms with Crippen LogP contribution in [0.4, 0.5) is 18.9 Å². The normalized spacial score (nSPS) is 20.4. The molecule has 1 aliphatic carbocycles. The monoisotopic (exact) mass is 371 g/mol. The van der Waals surface area contributed by atoms with Crippen LogP contribution in [-0.4, -0.2) is 17.6 Å². The van der Waals surface area contributed by atoms with Gasteiger partial charge in [-0.25, -0.2) is 4.99 Å². The van der Waals surface area contributed by atoms with Gasteiger partial charge in [0.25, 0.3) is 0 Å². The maximum Gasteiger partial charge on any atom is 0.416 e. The summed E-state index contributed by atoms with van der Waals surface area (Å²) in [5, 5.41) is 0. The minimum atomic E-state index is -4.45. The zero-order valence-electron chi connectivity index (χ0n) is 13.6. The summed E-state index contributed by atoms with van der Waals surface area (Å²) in [5.74, 6) is 0.402. The van der Waals surface area contributed by atoms with Crippen LogP contribution in [0.1, 0.15) is 43.2 Å².